The van der Waals surface area contributed by atoms with Crippen molar-refractivity contribution in [2.45, 2.75) is 6.18 Å². The Kier molecular flexibility index (Phi) is 5.45. The van der Waals surface area contributed by atoms with Crippen LogP contribution in [-0.2, 0) is 11.0 Å². The number of carbonyl (C=O) groups is 1. The molecule has 0 aliphatic heterocycles. The third-order valence-corrected chi connectivity index (χ3v) is 3.84. The monoisotopic (exact) mass is 371 g/mol. The van der Waals surface area contributed by atoms with E-state index in [0.717, 1.165) is 17.2 Å². The lowest BCUT2D eigenvalue weighted by atomic mass is 10.1. The van der Waals surface area contributed by atoms with Crippen LogP contribution in [0.5, 0.6) is 5.75 Å². The molecule has 0 saturated carbocycles. The van der Waals surface area contributed by atoms with Crippen LogP contribution in [0.1, 0.15) is 5.56 Å². The van der Waals surface area contributed by atoms with Crippen molar-refractivity contribution < 1.29 is 22.7 Å². The van der Waals surface area contributed by atoms with Gasteiger partial charge in [-0.3, -0.25) is 4.79 Å². The molecule has 0 heterocycles. The molecule has 0 atom stereocenters. The number of rotatable bonds is 5. The molecule has 0 radical (unpaired) electrons. The molecule has 27 heavy (non-hydrogen) atoms. The van der Waals surface area contributed by atoms with Crippen molar-refractivity contribution >= 4 is 11.6 Å². The summed E-state index contributed by atoms with van der Waals surface area (Å²) in [7, 11) is 0. The van der Waals surface area contributed by atoms with E-state index in [4.69, 9.17) is 4.74 Å². The van der Waals surface area contributed by atoms with Gasteiger partial charge in [-0.15, -0.1) is 0 Å². The van der Waals surface area contributed by atoms with Gasteiger partial charge in [0.2, 0.25) is 0 Å². The van der Waals surface area contributed by atoms with Gasteiger partial charge >= 0.3 is 6.18 Å². The summed E-state index contributed by atoms with van der Waals surface area (Å²) in [6.07, 6.45) is -4.54. The molecule has 3 rings (SSSR count). The van der Waals surface area contributed by atoms with Crippen LogP contribution in [0, 0.1) is 0 Å². The Morgan fingerprint density at radius 1 is 0.815 bits per heavy atom. The molecule has 1 amide bonds. The Morgan fingerprint density at radius 3 is 2.07 bits per heavy atom. The van der Waals surface area contributed by atoms with Crippen LogP contribution in [0.15, 0.2) is 78.9 Å². The second-order valence-corrected chi connectivity index (χ2v) is 5.77. The highest BCUT2D eigenvalue weighted by Crippen LogP contribution is 2.34. The molecular weight excluding hydrogens is 355 g/mol. The average molecular weight is 371 g/mol. The van der Waals surface area contributed by atoms with Crippen molar-refractivity contribution in [2.75, 3.05) is 11.9 Å². The number of para-hydroxylation sites is 1. The average Bonchev–Trinajstić information content (AvgIpc) is 2.67. The summed E-state index contributed by atoms with van der Waals surface area (Å²) < 4.78 is 44.2. The van der Waals surface area contributed by atoms with E-state index in [1.165, 1.54) is 18.2 Å². The van der Waals surface area contributed by atoms with Gasteiger partial charge < -0.3 is 10.1 Å². The van der Waals surface area contributed by atoms with Gasteiger partial charge in [0.25, 0.3) is 5.91 Å². The lowest BCUT2D eigenvalue weighted by molar-refractivity contribution is -0.137. The fourth-order valence-corrected chi connectivity index (χ4v) is 2.55. The predicted octanol–water partition coefficient (Wildman–Crippen LogP) is 5.39. The molecule has 0 saturated heterocycles. The minimum absolute atomic E-state index is 0.293. The number of benzene rings is 3. The quantitative estimate of drug-likeness (QED) is 0.653. The second kappa shape index (κ2) is 7.95. The highest BCUT2D eigenvalue weighted by molar-refractivity contribution is 5.92. The fourth-order valence-electron chi connectivity index (χ4n) is 2.55. The van der Waals surface area contributed by atoms with Crippen LogP contribution in [0.25, 0.3) is 11.1 Å². The predicted molar refractivity (Wildman–Crippen MR) is 97.4 cm³/mol. The molecule has 0 unspecified atom stereocenters. The summed E-state index contributed by atoms with van der Waals surface area (Å²) in [6.45, 7) is -0.392. The molecule has 0 aromatic heterocycles. The van der Waals surface area contributed by atoms with E-state index in [9.17, 15) is 18.0 Å². The van der Waals surface area contributed by atoms with Crippen molar-refractivity contribution in [2.24, 2.45) is 0 Å². The van der Waals surface area contributed by atoms with Crippen molar-refractivity contribution in [3.8, 4) is 16.9 Å². The topological polar surface area (TPSA) is 38.3 Å². The molecular formula is C21H16F3NO2. The number of nitrogens with one attached hydrogen (secondary N) is 1. The zero-order valence-corrected chi connectivity index (χ0v) is 14.2. The SMILES string of the molecule is O=C(COc1ccc(-c2ccccc2)cc1)Nc1ccccc1C(F)(F)F. The van der Waals surface area contributed by atoms with E-state index in [0.29, 0.717) is 5.75 Å². The van der Waals surface area contributed by atoms with Gasteiger partial charge in [-0.1, -0.05) is 54.6 Å². The minimum Gasteiger partial charge on any atom is -0.484 e. The number of hydrogen-bond acceptors (Lipinski definition) is 2. The zero-order valence-electron chi connectivity index (χ0n) is 14.2. The number of carbonyl (C=O) groups excluding carboxylic acids is 1. The summed E-state index contributed by atoms with van der Waals surface area (Å²) >= 11 is 0. The first-order valence-corrected chi connectivity index (χ1v) is 8.18. The fraction of sp³-hybridized carbons (Fsp3) is 0.0952. The maximum Gasteiger partial charge on any atom is 0.418 e. The standard InChI is InChI=1S/C21H16F3NO2/c22-21(23,24)18-8-4-5-9-19(18)25-20(26)14-27-17-12-10-16(11-13-17)15-6-2-1-3-7-15/h1-13H,14H2,(H,25,26). The first kappa shape index (κ1) is 18.5. The molecule has 138 valence electrons. The van der Waals surface area contributed by atoms with Gasteiger partial charge in [0.1, 0.15) is 5.75 Å². The third kappa shape index (κ3) is 4.88. The second-order valence-electron chi connectivity index (χ2n) is 5.77. The first-order valence-electron chi connectivity index (χ1n) is 8.18. The molecule has 3 nitrogen and oxygen atoms in total. The number of anilines is 1. The van der Waals surface area contributed by atoms with Crippen molar-refractivity contribution in [3.05, 3.63) is 84.4 Å². The van der Waals surface area contributed by atoms with Gasteiger partial charge in [-0.2, -0.15) is 13.2 Å². The van der Waals surface area contributed by atoms with Crippen LogP contribution in [-0.4, -0.2) is 12.5 Å². The van der Waals surface area contributed by atoms with Gasteiger partial charge in [0.05, 0.1) is 11.3 Å². The lowest BCUT2D eigenvalue weighted by Gasteiger charge is -2.14. The van der Waals surface area contributed by atoms with E-state index < -0.39 is 24.3 Å². The molecule has 6 heteroatoms. The van der Waals surface area contributed by atoms with Crippen molar-refractivity contribution in [1.29, 1.82) is 0 Å². The van der Waals surface area contributed by atoms with E-state index in [-0.39, 0.29) is 5.69 Å². The maximum atomic E-state index is 12.9. The normalized spacial score (nSPS) is 11.1. The lowest BCUT2D eigenvalue weighted by Crippen LogP contribution is -2.22. The summed E-state index contributed by atoms with van der Waals surface area (Å²) in [6, 6.07) is 21.7. The highest BCUT2D eigenvalue weighted by Gasteiger charge is 2.33. The van der Waals surface area contributed by atoms with Gasteiger partial charge in [0, 0.05) is 0 Å². The van der Waals surface area contributed by atoms with Crippen LogP contribution in [0.2, 0.25) is 0 Å². The smallest absolute Gasteiger partial charge is 0.418 e. The van der Waals surface area contributed by atoms with Crippen LogP contribution in [0.3, 0.4) is 0 Å². The Morgan fingerprint density at radius 2 is 1.41 bits per heavy atom. The van der Waals surface area contributed by atoms with E-state index in [1.54, 1.807) is 12.1 Å². The van der Waals surface area contributed by atoms with Crippen molar-refractivity contribution in [1.82, 2.24) is 0 Å². The molecule has 0 aliphatic rings. The summed E-state index contributed by atoms with van der Waals surface area (Å²) in [5.41, 5.74) is 0.848. The Hall–Kier alpha value is -3.28. The zero-order chi connectivity index (χ0) is 19.3. The number of hydrogen-bond donors (Lipinski definition) is 1. The number of ether oxygens (including phenoxy) is 1. The Bertz CT molecular complexity index is 907. The molecule has 1 N–H and O–H groups in total. The molecule has 0 spiro atoms. The van der Waals surface area contributed by atoms with Crippen LogP contribution >= 0.6 is 0 Å². The van der Waals surface area contributed by atoms with Gasteiger partial charge in [0.15, 0.2) is 6.61 Å². The summed E-state index contributed by atoms with van der Waals surface area (Å²) in [5.74, 6) is -0.215. The van der Waals surface area contributed by atoms with Crippen molar-refractivity contribution in [3.63, 3.8) is 0 Å². The first-order chi connectivity index (χ1) is 12.9. The largest absolute Gasteiger partial charge is 0.484 e. The van der Waals surface area contributed by atoms with Gasteiger partial charge in [-0.25, -0.2) is 0 Å². The maximum absolute atomic E-state index is 12.9. The van der Waals surface area contributed by atoms with E-state index in [2.05, 4.69) is 5.32 Å². The van der Waals surface area contributed by atoms with Gasteiger partial charge in [-0.05, 0) is 35.4 Å². The third-order valence-electron chi connectivity index (χ3n) is 3.84. The van der Waals surface area contributed by atoms with Crippen LogP contribution in [0.4, 0.5) is 18.9 Å². The van der Waals surface area contributed by atoms with Crippen LogP contribution < -0.4 is 10.1 Å². The summed E-state index contributed by atoms with van der Waals surface area (Å²) in [5, 5.41) is 2.24. The summed E-state index contributed by atoms with van der Waals surface area (Å²) in [4.78, 5) is 11.9. The highest BCUT2D eigenvalue weighted by atomic mass is 19.4. The molecule has 3 aromatic carbocycles. The number of amides is 1. The molecule has 0 aliphatic carbocycles. The number of halogens is 3. The Labute approximate surface area is 154 Å². The molecule has 3 aromatic rings. The molecule has 0 fully saturated rings. The van der Waals surface area contributed by atoms with E-state index in [1.807, 2.05) is 42.5 Å². The van der Waals surface area contributed by atoms with E-state index >= 15 is 0 Å². The minimum atomic E-state index is -4.54. The molecule has 0 bridgehead atoms. The number of alkyl halides is 3. The Balaban J connectivity index is 1.60.